The molecular weight excluding hydrogens is 146 g/mol. The molecule has 0 radical (unpaired) electrons. The molecule has 0 unspecified atom stereocenters. The fraction of sp³-hybridized carbons (Fsp3) is 0.857. The van der Waals surface area contributed by atoms with Crippen LogP contribution in [0.15, 0.2) is 0 Å². The van der Waals surface area contributed by atoms with Crippen molar-refractivity contribution in [2.75, 3.05) is 13.2 Å². The molecule has 1 amide bonds. The summed E-state index contributed by atoms with van der Waals surface area (Å²) in [5.74, 6) is 0.253. The zero-order chi connectivity index (χ0) is 8.48. The summed E-state index contributed by atoms with van der Waals surface area (Å²) in [5, 5.41) is 0. The second-order valence-electron chi connectivity index (χ2n) is 3.13. The molecule has 1 saturated heterocycles. The minimum Gasteiger partial charge on any atom is -0.438 e. The Morgan fingerprint density at radius 3 is 2.27 bits per heavy atom. The highest BCUT2D eigenvalue weighted by Gasteiger charge is 2.45. The van der Waals surface area contributed by atoms with Crippen LogP contribution in [0.2, 0.25) is 0 Å². The van der Waals surface area contributed by atoms with E-state index >= 15 is 0 Å². The van der Waals surface area contributed by atoms with Gasteiger partial charge in [0, 0.05) is 0 Å². The Morgan fingerprint density at radius 2 is 2.18 bits per heavy atom. The average molecular weight is 159 g/mol. The Bertz CT molecular complexity index is 163. The lowest BCUT2D eigenvalue weighted by Gasteiger charge is -2.42. The van der Waals surface area contributed by atoms with Gasteiger partial charge in [-0.15, -0.1) is 0 Å². The summed E-state index contributed by atoms with van der Waals surface area (Å²) in [7, 11) is 0. The Labute approximate surface area is 65.7 Å². The summed E-state index contributed by atoms with van der Waals surface area (Å²) >= 11 is 0. The number of primary amides is 1. The molecule has 0 aliphatic carbocycles. The van der Waals surface area contributed by atoms with E-state index in [2.05, 4.69) is 0 Å². The second kappa shape index (κ2) is 2.70. The second-order valence-corrected chi connectivity index (χ2v) is 3.13. The molecule has 0 saturated carbocycles. The number of hydrogen-bond acceptors (Lipinski definition) is 3. The van der Waals surface area contributed by atoms with Gasteiger partial charge in [0.15, 0.2) is 5.60 Å². The van der Waals surface area contributed by atoms with Crippen molar-refractivity contribution < 1.29 is 14.3 Å². The highest BCUT2D eigenvalue weighted by Crippen LogP contribution is 2.29. The van der Waals surface area contributed by atoms with Gasteiger partial charge in [0.25, 0.3) is 0 Å². The summed E-state index contributed by atoms with van der Waals surface area (Å²) in [4.78, 5) is 10.5. The molecule has 4 nitrogen and oxygen atoms in total. The molecule has 11 heavy (non-hydrogen) atoms. The first-order valence-electron chi connectivity index (χ1n) is 3.63. The third-order valence-corrected chi connectivity index (χ3v) is 2.05. The molecule has 0 bridgehead atoms. The van der Waals surface area contributed by atoms with Crippen LogP contribution >= 0.6 is 0 Å². The number of nitrogens with two attached hydrogens (primary N) is 1. The first kappa shape index (κ1) is 8.33. The van der Waals surface area contributed by atoms with Crippen molar-refractivity contribution in [3.05, 3.63) is 0 Å². The van der Waals surface area contributed by atoms with Gasteiger partial charge in [0.05, 0.1) is 13.2 Å². The van der Waals surface area contributed by atoms with E-state index in [1.54, 1.807) is 0 Å². The largest absolute Gasteiger partial charge is 0.438 e. The fourth-order valence-electron chi connectivity index (χ4n) is 1.01. The van der Waals surface area contributed by atoms with Crippen molar-refractivity contribution in [3.63, 3.8) is 0 Å². The van der Waals surface area contributed by atoms with Crippen molar-refractivity contribution in [2.45, 2.75) is 19.4 Å². The van der Waals surface area contributed by atoms with Gasteiger partial charge in [0.1, 0.15) is 0 Å². The van der Waals surface area contributed by atoms with Crippen LogP contribution in [0, 0.1) is 5.92 Å². The fourth-order valence-corrected chi connectivity index (χ4v) is 1.01. The molecule has 2 N–H and O–H groups in total. The average Bonchev–Trinajstić information content (AvgIpc) is 1.77. The monoisotopic (exact) mass is 159 g/mol. The van der Waals surface area contributed by atoms with Crippen LogP contribution < -0.4 is 5.73 Å². The summed E-state index contributed by atoms with van der Waals surface area (Å²) in [5.41, 5.74) is 4.46. The molecule has 0 aromatic heterocycles. The highest BCUT2D eigenvalue weighted by atomic mass is 16.6. The van der Waals surface area contributed by atoms with Crippen LogP contribution in [-0.2, 0) is 9.47 Å². The summed E-state index contributed by atoms with van der Waals surface area (Å²) in [6, 6.07) is 0. The lowest BCUT2D eigenvalue weighted by Crippen LogP contribution is -2.57. The van der Waals surface area contributed by atoms with E-state index in [9.17, 15) is 4.79 Å². The molecular formula is C7H13NO3. The number of hydrogen-bond donors (Lipinski definition) is 1. The van der Waals surface area contributed by atoms with Gasteiger partial charge in [-0.3, -0.25) is 0 Å². The molecule has 4 heteroatoms. The van der Waals surface area contributed by atoms with Crippen molar-refractivity contribution in [1.29, 1.82) is 0 Å². The predicted octanol–water partition coefficient (Wildman–Crippen LogP) is 0.507. The maximum atomic E-state index is 10.5. The van der Waals surface area contributed by atoms with Crippen LogP contribution in [0.4, 0.5) is 4.79 Å². The number of amides is 1. The van der Waals surface area contributed by atoms with Crippen LogP contribution in [0.3, 0.4) is 0 Å². The highest BCUT2D eigenvalue weighted by molar-refractivity contribution is 5.65. The lowest BCUT2D eigenvalue weighted by atomic mass is 9.88. The normalized spacial score (nSPS) is 21.0. The van der Waals surface area contributed by atoms with E-state index in [4.69, 9.17) is 15.2 Å². The topological polar surface area (TPSA) is 61.5 Å². The van der Waals surface area contributed by atoms with Gasteiger partial charge in [-0.2, -0.15) is 0 Å². The van der Waals surface area contributed by atoms with E-state index < -0.39 is 11.7 Å². The van der Waals surface area contributed by atoms with Gasteiger partial charge in [0.2, 0.25) is 0 Å². The SMILES string of the molecule is CC(C)C1(OC(N)=O)COC1. The Morgan fingerprint density at radius 1 is 1.64 bits per heavy atom. The number of carbonyl (C=O) groups excluding carboxylic acids is 1. The molecule has 64 valence electrons. The smallest absolute Gasteiger partial charge is 0.405 e. The zero-order valence-electron chi connectivity index (χ0n) is 6.79. The Kier molecular flexibility index (Phi) is 2.04. The molecule has 0 atom stereocenters. The van der Waals surface area contributed by atoms with Gasteiger partial charge in [-0.1, -0.05) is 13.8 Å². The van der Waals surface area contributed by atoms with Crippen LogP contribution in [0.25, 0.3) is 0 Å². The summed E-state index contributed by atoms with van der Waals surface area (Å²) in [6.07, 6.45) is -0.720. The van der Waals surface area contributed by atoms with E-state index in [-0.39, 0.29) is 5.92 Å². The van der Waals surface area contributed by atoms with E-state index in [0.29, 0.717) is 13.2 Å². The van der Waals surface area contributed by atoms with Crippen LogP contribution in [-0.4, -0.2) is 24.9 Å². The first-order valence-corrected chi connectivity index (χ1v) is 3.63. The van der Waals surface area contributed by atoms with E-state index in [1.807, 2.05) is 13.8 Å². The molecule has 0 spiro atoms. The van der Waals surface area contributed by atoms with Crippen LogP contribution in [0.5, 0.6) is 0 Å². The summed E-state index contributed by atoms with van der Waals surface area (Å²) in [6.45, 7) is 4.89. The minimum atomic E-state index is -0.720. The minimum absolute atomic E-state index is 0.253. The third-order valence-electron chi connectivity index (χ3n) is 2.05. The van der Waals surface area contributed by atoms with Crippen molar-refractivity contribution in [2.24, 2.45) is 11.7 Å². The molecule has 1 fully saturated rings. The Hall–Kier alpha value is -0.770. The third kappa shape index (κ3) is 1.45. The summed E-state index contributed by atoms with van der Waals surface area (Å²) < 4.78 is 9.92. The van der Waals surface area contributed by atoms with Gasteiger partial charge >= 0.3 is 6.09 Å². The zero-order valence-corrected chi connectivity index (χ0v) is 6.79. The molecule has 1 aliphatic heterocycles. The molecule has 1 rings (SSSR count). The van der Waals surface area contributed by atoms with Gasteiger partial charge < -0.3 is 15.2 Å². The molecule has 0 aromatic carbocycles. The lowest BCUT2D eigenvalue weighted by molar-refractivity contribution is -0.198. The maximum absolute atomic E-state index is 10.5. The van der Waals surface area contributed by atoms with Crippen molar-refractivity contribution in [1.82, 2.24) is 0 Å². The molecule has 0 aromatic rings. The first-order chi connectivity index (χ1) is 5.07. The Balaban J connectivity index is 2.53. The number of rotatable bonds is 2. The quantitative estimate of drug-likeness (QED) is 0.638. The maximum Gasteiger partial charge on any atom is 0.405 e. The standard InChI is InChI=1S/C7H13NO3/c1-5(2)7(3-10-4-7)11-6(8)9/h5H,3-4H2,1-2H3,(H2,8,9). The van der Waals surface area contributed by atoms with Crippen LogP contribution in [0.1, 0.15) is 13.8 Å². The van der Waals surface area contributed by atoms with E-state index in [1.165, 1.54) is 0 Å². The molecule has 1 heterocycles. The number of carbonyl (C=O) groups is 1. The van der Waals surface area contributed by atoms with Crippen molar-refractivity contribution in [3.8, 4) is 0 Å². The van der Waals surface area contributed by atoms with E-state index in [0.717, 1.165) is 0 Å². The number of ether oxygens (including phenoxy) is 2. The van der Waals surface area contributed by atoms with Gasteiger partial charge in [-0.25, -0.2) is 4.79 Å². The van der Waals surface area contributed by atoms with Crippen molar-refractivity contribution >= 4 is 6.09 Å². The molecule has 1 aliphatic rings. The van der Waals surface area contributed by atoms with Gasteiger partial charge in [-0.05, 0) is 5.92 Å². The predicted molar refractivity (Wildman–Crippen MR) is 39.1 cm³/mol.